The number of ether oxygens (including phenoxy) is 1. The molecule has 1 aliphatic heterocycles. The molecule has 1 heterocycles. The van der Waals surface area contributed by atoms with Gasteiger partial charge in [-0.1, -0.05) is 13.0 Å². The van der Waals surface area contributed by atoms with E-state index in [4.69, 9.17) is 10.5 Å². The van der Waals surface area contributed by atoms with Gasteiger partial charge in [0.25, 0.3) is 0 Å². The molecule has 3 nitrogen and oxygen atoms in total. The molecule has 2 unspecified atom stereocenters. The van der Waals surface area contributed by atoms with Gasteiger partial charge in [-0.15, -0.1) is 0 Å². The summed E-state index contributed by atoms with van der Waals surface area (Å²) in [7, 11) is 0. The van der Waals surface area contributed by atoms with E-state index in [1.54, 1.807) is 0 Å². The molecular formula is C15H22F2N2O. The van der Waals surface area contributed by atoms with E-state index in [2.05, 4.69) is 4.90 Å². The van der Waals surface area contributed by atoms with Crippen LogP contribution in [0.4, 0.5) is 8.78 Å². The van der Waals surface area contributed by atoms with Crippen LogP contribution in [-0.4, -0.2) is 36.7 Å². The summed E-state index contributed by atoms with van der Waals surface area (Å²) in [6.45, 7) is 6.68. The van der Waals surface area contributed by atoms with E-state index < -0.39 is 23.2 Å². The van der Waals surface area contributed by atoms with Gasteiger partial charge >= 0.3 is 0 Å². The predicted molar refractivity (Wildman–Crippen MR) is 74.4 cm³/mol. The van der Waals surface area contributed by atoms with Gasteiger partial charge in [0.2, 0.25) is 0 Å². The van der Waals surface area contributed by atoms with Crippen LogP contribution >= 0.6 is 0 Å². The third-order valence-corrected chi connectivity index (χ3v) is 4.43. The Hall–Kier alpha value is -1.04. The van der Waals surface area contributed by atoms with Crippen LogP contribution in [0, 0.1) is 11.6 Å². The van der Waals surface area contributed by atoms with E-state index in [-0.39, 0.29) is 5.56 Å². The number of benzene rings is 1. The van der Waals surface area contributed by atoms with E-state index in [1.807, 2.05) is 13.8 Å². The van der Waals surface area contributed by atoms with Crippen molar-refractivity contribution in [1.82, 2.24) is 4.90 Å². The molecule has 0 bridgehead atoms. The van der Waals surface area contributed by atoms with Gasteiger partial charge in [-0.25, -0.2) is 8.78 Å². The first-order valence-corrected chi connectivity index (χ1v) is 7.03. The molecule has 1 fully saturated rings. The molecule has 2 atom stereocenters. The van der Waals surface area contributed by atoms with Crippen molar-refractivity contribution >= 4 is 0 Å². The molecule has 1 aliphatic rings. The van der Waals surface area contributed by atoms with Crippen molar-refractivity contribution in [2.24, 2.45) is 5.73 Å². The summed E-state index contributed by atoms with van der Waals surface area (Å²) in [5, 5.41) is 0. The van der Waals surface area contributed by atoms with Gasteiger partial charge in [-0.2, -0.15) is 0 Å². The van der Waals surface area contributed by atoms with Crippen molar-refractivity contribution in [3.05, 3.63) is 35.4 Å². The summed E-state index contributed by atoms with van der Waals surface area (Å²) >= 11 is 0. The molecule has 1 aromatic carbocycles. The first-order valence-electron chi connectivity index (χ1n) is 7.03. The summed E-state index contributed by atoms with van der Waals surface area (Å²) in [5.74, 6) is -1.16. The highest BCUT2D eigenvalue weighted by Gasteiger charge is 2.39. The number of morpholine rings is 1. The van der Waals surface area contributed by atoms with Gasteiger partial charge < -0.3 is 10.5 Å². The lowest BCUT2D eigenvalue weighted by Gasteiger charge is -2.46. The summed E-state index contributed by atoms with van der Waals surface area (Å²) in [5.41, 5.74) is 5.74. The first-order chi connectivity index (χ1) is 9.50. The fraction of sp³-hybridized carbons (Fsp3) is 0.600. The topological polar surface area (TPSA) is 38.5 Å². The lowest BCUT2D eigenvalue weighted by molar-refractivity contribution is -0.0285. The molecule has 2 rings (SSSR count). The fourth-order valence-electron chi connectivity index (χ4n) is 2.83. The Bertz CT molecular complexity index is 443. The molecule has 0 aromatic heterocycles. The van der Waals surface area contributed by atoms with Crippen molar-refractivity contribution in [3.63, 3.8) is 0 Å². The molecule has 1 aromatic rings. The van der Waals surface area contributed by atoms with Crippen LogP contribution in [0.15, 0.2) is 18.2 Å². The Morgan fingerprint density at radius 3 is 2.35 bits per heavy atom. The summed E-state index contributed by atoms with van der Waals surface area (Å²) in [6, 6.07) is 3.16. The van der Waals surface area contributed by atoms with Crippen LogP contribution in [0.1, 0.15) is 31.9 Å². The smallest absolute Gasteiger partial charge is 0.130 e. The molecule has 0 amide bonds. The number of hydrogen-bond acceptors (Lipinski definition) is 3. The Balaban J connectivity index is 2.34. The molecule has 0 spiro atoms. The maximum absolute atomic E-state index is 14.0. The molecule has 2 N–H and O–H groups in total. The fourth-order valence-corrected chi connectivity index (χ4v) is 2.83. The number of rotatable bonds is 4. The minimum Gasteiger partial charge on any atom is -0.379 e. The molecule has 0 radical (unpaired) electrons. The SMILES string of the molecule is CCC(C)(C(N)c1c(F)cccc1F)N1CCOCC1. The van der Waals surface area contributed by atoms with E-state index >= 15 is 0 Å². The van der Waals surface area contributed by atoms with Gasteiger partial charge in [-0.05, 0) is 25.5 Å². The van der Waals surface area contributed by atoms with Crippen LogP contribution in [0.25, 0.3) is 0 Å². The third kappa shape index (κ3) is 2.71. The highest BCUT2D eigenvalue weighted by Crippen LogP contribution is 2.35. The Kier molecular flexibility index (Phi) is 4.73. The van der Waals surface area contributed by atoms with Crippen molar-refractivity contribution in [1.29, 1.82) is 0 Å². The monoisotopic (exact) mass is 284 g/mol. The van der Waals surface area contributed by atoms with E-state index in [0.29, 0.717) is 19.6 Å². The second-order valence-electron chi connectivity index (χ2n) is 5.42. The van der Waals surface area contributed by atoms with Gasteiger partial charge in [-0.3, -0.25) is 4.90 Å². The normalized spacial score (nSPS) is 21.4. The second-order valence-corrected chi connectivity index (χ2v) is 5.42. The van der Waals surface area contributed by atoms with Crippen molar-refractivity contribution in [2.45, 2.75) is 31.8 Å². The average molecular weight is 284 g/mol. The van der Waals surface area contributed by atoms with Crippen LogP contribution in [-0.2, 0) is 4.74 Å². The van der Waals surface area contributed by atoms with Gasteiger partial charge in [0.15, 0.2) is 0 Å². The summed E-state index contributed by atoms with van der Waals surface area (Å²) in [6.07, 6.45) is 0.710. The van der Waals surface area contributed by atoms with Gasteiger partial charge in [0, 0.05) is 24.2 Å². The van der Waals surface area contributed by atoms with Crippen LogP contribution in [0.5, 0.6) is 0 Å². The lowest BCUT2D eigenvalue weighted by atomic mass is 9.82. The maximum atomic E-state index is 14.0. The largest absolute Gasteiger partial charge is 0.379 e. The highest BCUT2D eigenvalue weighted by molar-refractivity contribution is 5.26. The van der Waals surface area contributed by atoms with Crippen LogP contribution in [0.3, 0.4) is 0 Å². The van der Waals surface area contributed by atoms with Gasteiger partial charge in [0.05, 0.1) is 19.3 Å². The minimum atomic E-state index is -0.716. The van der Waals surface area contributed by atoms with Crippen LogP contribution in [0.2, 0.25) is 0 Å². The molecule has 1 saturated heterocycles. The number of hydrogen-bond donors (Lipinski definition) is 1. The van der Waals surface area contributed by atoms with E-state index in [9.17, 15) is 8.78 Å². The number of nitrogens with two attached hydrogens (primary N) is 1. The van der Waals surface area contributed by atoms with E-state index in [1.165, 1.54) is 18.2 Å². The third-order valence-electron chi connectivity index (χ3n) is 4.43. The number of halogens is 2. The predicted octanol–water partition coefficient (Wildman–Crippen LogP) is 2.47. The second kappa shape index (κ2) is 6.16. The van der Waals surface area contributed by atoms with Crippen molar-refractivity contribution in [2.75, 3.05) is 26.3 Å². The standard InChI is InChI=1S/C15H22F2N2O/c1-3-15(2,19-7-9-20-10-8-19)14(18)13-11(16)5-4-6-12(13)17/h4-6,14H,3,7-10,18H2,1-2H3. The summed E-state index contributed by atoms with van der Waals surface area (Å²) in [4.78, 5) is 2.17. The quantitative estimate of drug-likeness (QED) is 0.923. The molecular weight excluding hydrogens is 262 g/mol. The van der Waals surface area contributed by atoms with Crippen LogP contribution < -0.4 is 5.73 Å². The lowest BCUT2D eigenvalue weighted by Crippen LogP contribution is -2.57. The molecule has 0 aliphatic carbocycles. The minimum absolute atomic E-state index is 0.0247. The summed E-state index contributed by atoms with van der Waals surface area (Å²) < 4.78 is 33.3. The van der Waals surface area contributed by atoms with Crippen molar-refractivity contribution in [3.8, 4) is 0 Å². The maximum Gasteiger partial charge on any atom is 0.130 e. The Morgan fingerprint density at radius 1 is 1.30 bits per heavy atom. The molecule has 112 valence electrons. The first kappa shape index (κ1) is 15.4. The zero-order valence-electron chi connectivity index (χ0n) is 12.0. The van der Waals surface area contributed by atoms with Gasteiger partial charge in [0.1, 0.15) is 11.6 Å². The molecule has 0 saturated carbocycles. The number of nitrogens with zero attached hydrogens (tertiary/aromatic N) is 1. The molecule has 20 heavy (non-hydrogen) atoms. The Morgan fingerprint density at radius 2 is 1.85 bits per heavy atom. The highest BCUT2D eigenvalue weighted by atomic mass is 19.1. The molecule has 5 heteroatoms. The zero-order chi connectivity index (χ0) is 14.8. The van der Waals surface area contributed by atoms with E-state index in [0.717, 1.165) is 13.1 Å². The Labute approximate surface area is 118 Å². The average Bonchev–Trinajstić information content (AvgIpc) is 2.47. The zero-order valence-corrected chi connectivity index (χ0v) is 12.0. The van der Waals surface area contributed by atoms with Crippen molar-refractivity contribution < 1.29 is 13.5 Å².